The minimum Gasteiger partial charge on any atom is -0.352 e. The second kappa shape index (κ2) is 4.87. The average Bonchev–Trinajstić information content (AvgIpc) is 2.80. The minimum atomic E-state index is -0.0671. The highest BCUT2D eigenvalue weighted by Crippen LogP contribution is 2.23. The summed E-state index contributed by atoms with van der Waals surface area (Å²) in [7, 11) is 0. The van der Waals surface area contributed by atoms with E-state index in [0.29, 0.717) is 11.5 Å². The highest BCUT2D eigenvalue weighted by atomic mass is 16.1. The zero-order valence-electron chi connectivity index (χ0n) is 8.65. The SMILES string of the molecule is O=C(NCC1CCCC1)c1cncnc1. The molecule has 1 aromatic rings. The number of hydrogen-bond donors (Lipinski definition) is 1. The summed E-state index contributed by atoms with van der Waals surface area (Å²) in [6, 6.07) is 0. The third-order valence-corrected chi connectivity index (χ3v) is 2.85. The molecule has 2 rings (SSSR count). The van der Waals surface area contributed by atoms with E-state index in [1.165, 1.54) is 44.4 Å². The maximum atomic E-state index is 11.6. The van der Waals surface area contributed by atoms with Gasteiger partial charge in [-0.05, 0) is 18.8 Å². The molecule has 1 aliphatic carbocycles. The quantitative estimate of drug-likeness (QED) is 0.811. The van der Waals surface area contributed by atoms with E-state index in [1.54, 1.807) is 0 Å². The molecule has 1 heterocycles. The van der Waals surface area contributed by atoms with Crippen LogP contribution in [0.1, 0.15) is 36.0 Å². The Hall–Kier alpha value is -1.45. The molecule has 0 bridgehead atoms. The van der Waals surface area contributed by atoms with Crippen molar-refractivity contribution in [3.05, 3.63) is 24.3 Å². The molecule has 0 aromatic carbocycles. The topological polar surface area (TPSA) is 54.9 Å². The molecule has 0 radical (unpaired) electrons. The van der Waals surface area contributed by atoms with Crippen LogP contribution in [0.2, 0.25) is 0 Å². The highest BCUT2D eigenvalue weighted by molar-refractivity contribution is 5.93. The van der Waals surface area contributed by atoms with Crippen molar-refractivity contribution < 1.29 is 4.79 Å². The van der Waals surface area contributed by atoms with Crippen LogP contribution in [-0.2, 0) is 0 Å². The van der Waals surface area contributed by atoms with E-state index in [0.717, 1.165) is 6.54 Å². The number of nitrogens with one attached hydrogen (secondary N) is 1. The standard InChI is InChI=1S/C11H15N3O/c15-11(10-6-12-8-13-7-10)14-5-9-3-1-2-4-9/h6-9H,1-5H2,(H,14,15). The van der Waals surface area contributed by atoms with E-state index in [4.69, 9.17) is 0 Å². The number of aromatic nitrogens is 2. The third-order valence-electron chi connectivity index (χ3n) is 2.85. The van der Waals surface area contributed by atoms with Gasteiger partial charge in [-0.2, -0.15) is 0 Å². The second-order valence-corrected chi connectivity index (χ2v) is 3.99. The molecule has 1 fully saturated rings. The van der Waals surface area contributed by atoms with Crippen LogP contribution < -0.4 is 5.32 Å². The number of amides is 1. The number of carbonyl (C=O) groups excluding carboxylic acids is 1. The van der Waals surface area contributed by atoms with Gasteiger partial charge >= 0.3 is 0 Å². The van der Waals surface area contributed by atoms with Gasteiger partial charge in [-0.25, -0.2) is 9.97 Å². The predicted octanol–water partition coefficient (Wildman–Crippen LogP) is 1.40. The van der Waals surface area contributed by atoms with E-state index in [1.807, 2.05) is 0 Å². The lowest BCUT2D eigenvalue weighted by Crippen LogP contribution is -2.28. The Kier molecular flexibility index (Phi) is 3.27. The zero-order chi connectivity index (χ0) is 10.5. The fourth-order valence-corrected chi connectivity index (χ4v) is 1.97. The molecule has 1 saturated carbocycles. The lowest BCUT2D eigenvalue weighted by Gasteiger charge is -2.09. The molecule has 0 atom stereocenters. The molecule has 1 aromatic heterocycles. The van der Waals surface area contributed by atoms with Crippen molar-refractivity contribution in [2.45, 2.75) is 25.7 Å². The Morgan fingerprint density at radius 3 is 2.67 bits per heavy atom. The van der Waals surface area contributed by atoms with Crippen LogP contribution in [0.25, 0.3) is 0 Å². The first-order valence-corrected chi connectivity index (χ1v) is 5.39. The highest BCUT2D eigenvalue weighted by Gasteiger charge is 2.16. The molecule has 0 unspecified atom stereocenters. The Morgan fingerprint density at radius 2 is 2.00 bits per heavy atom. The van der Waals surface area contributed by atoms with Gasteiger partial charge in [0.05, 0.1) is 5.56 Å². The van der Waals surface area contributed by atoms with Crippen LogP contribution in [0, 0.1) is 5.92 Å². The van der Waals surface area contributed by atoms with Crippen molar-refractivity contribution in [1.29, 1.82) is 0 Å². The van der Waals surface area contributed by atoms with Crippen LogP contribution in [0.15, 0.2) is 18.7 Å². The lowest BCUT2D eigenvalue weighted by molar-refractivity contribution is 0.0946. The molecule has 1 aliphatic rings. The van der Waals surface area contributed by atoms with E-state index >= 15 is 0 Å². The molecule has 0 spiro atoms. The molecule has 0 saturated heterocycles. The van der Waals surface area contributed by atoms with Crippen molar-refractivity contribution in [3.8, 4) is 0 Å². The second-order valence-electron chi connectivity index (χ2n) is 3.99. The summed E-state index contributed by atoms with van der Waals surface area (Å²) in [5.74, 6) is 0.598. The summed E-state index contributed by atoms with van der Waals surface area (Å²) in [4.78, 5) is 19.2. The van der Waals surface area contributed by atoms with Gasteiger partial charge in [0, 0.05) is 18.9 Å². The zero-order valence-corrected chi connectivity index (χ0v) is 8.65. The molecular formula is C11H15N3O. The van der Waals surface area contributed by atoms with Gasteiger partial charge < -0.3 is 5.32 Å². The normalized spacial score (nSPS) is 16.5. The third kappa shape index (κ3) is 2.75. The summed E-state index contributed by atoms with van der Waals surface area (Å²) in [6.07, 6.45) is 9.59. The fraction of sp³-hybridized carbons (Fsp3) is 0.545. The smallest absolute Gasteiger partial charge is 0.254 e. The first kappa shape index (κ1) is 10.1. The van der Waals surface area contributed by atoms with E-state index in [9.17, 15) is 4.79 Å². The van der Waals surface area contributed by atoms with Crippen LogP contribution in [0.4, 0.5) is 0 Å². The molecular weight excluding hydrogens is 190 g/mol. The van der Waals surface area contributed by atoms with Crippen LogP contribution in [-0.4, -0.2) is 22.4 Å². The number of nitrogens with zero attached hydrogens (tertiary/aromatic N) is 2. The van der Waals surface area contributed by atoms with E-state index in [2.05, 4.69) is 15.3 Å². The maximum absolute atomic E-state index is 11.6. The van der Waals surface area contributed by atoms with E-state index < -0.39 is 0 Å². The van der Waals surface area contributed by atoms with Crippen molar-refractivity contribution in [1.82, 2.24) is 15.3 Å². The summed E-state index contributed by atoms with van der Waals surface area (Å²) in [5, 5.41) is 2.92. The lowest BCUT2D eigenvalue weighted by atomic mass is 10.1. The van der Waals surface area contributed by atoms with Crippen molar-refractivity contribution in [2.75, 3.05) is 6.54 Å². The van der Waals surface area contributed by atoms with Crippen molar-refractivity contribution in [3.63, 3.8) is 0 Å². The van der Waals surface area contributed by atoms with E-state index in [-0.39, 0.29) is 5.91 Å². The van der Waals surface area contributed by atoms with Crippen LogP contribution >= 0.6 is 0 Å². The number of carbonyl (C=O) groups is 1. The van der Waals surface area contributed by atoms with Crippen molar-refractivity contribution in [2.24, 2.45) is 5.92 Å². The average molecular weight is 205 g/mol. The Balaban J connectivity index is 1.82. The summed E-state index contributed by atoms with van der Waals surface area (Å²) < 4.78 is 0. The number of rotatable bonds is 3. The van der Waals surface area contributed by atoms with Gasteiger partial charge in [-0.1, -0.05) is 12.8 Å². The first-order chi connectivity index (χ1) is 7.36. The predicted molar refractivity (Wildman–Crippen MR) is 56.3 cm³/mol. The van der Waals surface area contributed by atoms with Gasteiger partial charge in [0.1, 0.15) is 6.33 Å². The van der Waals surface area contributed by atoms with Crippen LogP contribution in [0.3, 0.4) is 0 Å². The Labute approximate surface area is 89.1 Å². The Morgan fingerprint density at radius 1 is 1.33 bits per heavy atom. The van der Waals surface area contributed by atoms with Gasteiger partial charge in [0.25, 0.3) is 5.91 Å². The summed E-state index contributed by atoms with van der Waals surface area (Å²) >= 11 is 0. The van der Waals surface area contributed by atoms with Gasteiger partial charge in [-0.3, -0.25) is 4.79 Å². The molecule has 1 N–H and O–H groups in total. The van der Waals surface area contributed by atoms with Crippen LogP contribution in [0.5, 0.6) is 0 Å². The van der Waals surface area contributed by atoms with Gasteiger partial charge in [0.15, 0.2) is 0 Å². The monoisotopic (exact) mass is 205 g/mol. The van der Waals surface area contributed by atoms with Gasteiger partial charge in [0.2, 0.25) is 0 Å². The number of hydrogen-bond acceptors (Lipinski definition) is 3. The molecule has 4 heteroatoms. The summed E-state index contributed by atoms with van der Waals surface area (Å²) in [6.45, 7) is 0.785. The minimum absolute atomic E-state index is 0.0671. The maximum Gasteiger partial charge on any atom is 0.254 e. The molecule has 1 amide bonds. The molecule has 80 valence electrons. The molecule has 0 aliphatic heterocycles. The van der Waals surface area contributed by atoms with Crippen molar-refractivity contribution >= 4 is 5.91 Å². The molecule has 4 nitrogen and oxygen atoms in total. The summed E-state index contributed by atoms with van der Waals surface area (Å²) in [5.41, 5.74) is 0.537. The Bertz CT molecular complexity index is 320. The largest absolute Gasteiger partial charge is 0.352 e. The molecule has 15 heavy (non-hydrogen) atoms. The first-order valence-electron chi connectivity index (χ1n) is 5.39. The fourth-order valence-electron chi connectivity index (χ4n) is 1.97. The van der Waals surface area contributed by atoms with Gasteiger partial charge in [-0.15, -0.1) is 0 Å².